The molecule has 66 valence electrons. The van der Waals surface area contributed by atoms with E-state index in [-0.39, 0.29) is 0 Å². The van der Waals surface area contributed by atoms with Gasteiger partial charge in [-0.2, -0.15) is 0 Å². The zero-order valence-corrected chi connectivity index (χ0v) is 7.81. The van der Waals surface area contributed by atoms with Crippen molar-refractivity contribution in [2.24, 2.45) is 11.8 Å². The van der Waals surface area contributed by atoms with Crippen LogP contribution < -0.4 is 0 Å². The molecule has 0 nitrogen and oxygen atoms in total. The molecular weight excluding hydrogens is 144 g/mol. The van der Waals surface area contributed by atoms with Gasteiger partial charge >= 0.3 is 0 Å². The van der Waals surface area contributed by atoms with Gasteiger partial charge in [0.1, 0.15) is 0 Å². The molecule has 0 radical (unpaired) electrons. The lowest BCUT2D eigenvalue weighted by molar-refractivity contribution is 0.512. The van der Waals surface area contributed by atoms with E-state index in [1.165, 1.54) is 51.4 Å². The van der Waals surface area contributed by atoms with Crippen molar-refractivity contribution < 1.29 is 0 Å². The van der Waals surface area contributed by atoms with Crippen molar-refractivity contribution in [1.82, 2.24) is 0 Å². The van der Waals surface area contributed by atoms with E-state index in [9.17, 15) is 0 Å². The lowest BCUT2D eigenvalue weighted by Gasteiger charge is -2.17. The number of rotatable bonds is 1. The fourth-order valence-electron chi connectivity index (χ4n) is 3.58. The molecule has 2 saturated carbocycles. The summed E-state index contributed by atoms with van der Waals surface area (Å²) in [6, 6.07) is 0. The maximum absolute atomic E-state index is 1.93. The van der Waals surface area contributed by atoms with E-state index in [1.807, 2.05) is 11.1 Å². The molecule has 3 aliphatic carbocycles. The van der Waals surface area contributed by atoms with E-state index in [0.717, 1.165) is 11.8 Å². The van der Waals surface area contributed by atoms with Gasteiger partial charge in [-0.3, -0.25) is 0 Å². The first kappa shape index (κ1) is 7.17. The molecule has 3 rings (SSSR count). The summed E-state index contributed by atoms with van der Waals surface area (Å²) in [5.74, 6) is 2.14. The maximum atomic E-state index is 1.93. The van der Waals surface area contributed by atoms with Crippen LogP contribution in [0.3, 0.4) is 0 Å². The Bertz CT molecular complexity index is 218. The average Bonchev–Trinajstić information content (AvgIpc) is 2.81. The Hall–Kier alpha value is -0.260. The zero-order chi connectivity index (χ0) is 7.97. The molecule has 12 heavy (non-hydrogen) atoms. The summed E-state index contributed by atoms with van der Waals surface area (Å²) in [6.07, 6.45) is 12.0. The molecule has 3 aliphatic rings. The van der Waals surface area contributed by atoms with Crippen LogP contribution in [0.5, 0.6) is 0 Å². The van der Waals surface area contributed by atoms with Crippen LogP contribution in [0, 0.1) is 11.8 Å². The van der Waals surface area contributed by atoms with Crippen molar-refractivity contribution in [2.75, 3.05) is 0 Å². The van der Waals surface area contributed by atoms with Crippen LogP contribution in [0.25, 0.3) is 0 Å². The van der Waals surface area contributed by atoms with Crippen LogP contribution in [0.4, 0.5) is 0 Å². The number of hydrogen-bond acceptors (Lipinski definition) is 0. The Morgan fingerprint density at radius 2 is 1.75 bits per heavy atom. The summed E-state index contributed by atoms with van der Waals surface area (Å²) in [6.45, 7) is 0. The highest BCUT2D eigenvalue weighted by Crippen LogP contribution is 2.49. The fraction of sp³-hybridized carbons (Fsp3) is 0.833. The number of allylic oxidation sites excluding steroid dienone is 2. The fourth-order valence-corrected chi connectivity index (χ4v) is 3.58. The first-order valence-electron chi connectivity index (χ1n) is 5.64. The standard InChI is InChI=1S/C12H18/c1-2-4-10(3-1)12-8-9-5-6-11(12)7-9/h9-10H,1-8H2. The first-order chi connectivity index (χ1) is 5.93. The predicted molar refractivity (Wildman–Crippen MR) is 50.9 cm³/mol. The van der Waals surface area contributed by atoms with Crippen LogP contribution in [0.2, 0.25) is 0 Å². The van der Waals surface area contributed by atoms with Crippen molar-refractivity contribution in [2.45, 2.75) is 51.4 Å². The number of fused-ring (bicyclic) bond motifs is 2. The van der Waals surface area contributed by atoms with Crippen molar-refractivity contribution in [3.8, 4) is 0 Å². The van der Waals surface area contributed by atoms with Gasteiger partial charge in [0.25, 0.3) is 0 Å². The molecule has 0 aliphatic heterocycles. The van der Waals surface area contributed by atoms with Crippen LogP contribution >= 0.6 is 0 Å². The Kier molecular flexibility index (Phi) is 1.56. The Balaban J connectivity index is 1.83. The summed E-state index contributed by atoms with van der Waals surface area (Å²) in [5.41, 5.74) is 3.83. The minimum atomic E-state index is 1.05. The first-order valence-corrected chi connectivity index (χ1v) is 5.64. The van der Waals surface area contributed by atoms with E-state index in [4.69, 9.17) is 0 Å². The van der Waals surface area contributed by atoms with E-state index in [2.05, 4.69) is 0 Å². The van der Waals surface area contributed by atoms with Crippen LogP contribution in [-0.2, 0) is 0 Å². The molecule has 0 heterocycles. The molecule has 1 atom stereocenters. The van der Waals surface area contributed by atoms with Gasteiger partial charge in [-0.25, -0.2) is 0 Å². The highest BCUT2D eigenvalue weighted by atomic mass is 14.4. The zero-order valence-electron chi connectivity index (χ0n) is 7.81. The third-order valence-electron chi connectivity index (χ3n) is 4.20. The highest BCUT2D eigenvalue weighted by Gasteiger charge is 2.34. The Morgan fingerprint density at radius 3 is 2.33 bits per heavy atom. The molecule has 2 bridgehead atoms. The van der Waals surface area contributed by atoms with Gasteiger partial charge < -0.3 is 0 Å². The molecule has 0 amide bonds. The quantitative estimate of drug-likeness (QED) is 0.516. The minimum Gasteiger partial charge on any atom is -0.0704 e. The van der Waals surface area contributed by atoms with Crippen molar-refractivity contribution in [1.29, 1.82) is 0 Å². The lowest BCUT2D eigenvalue weighted by Crippen LogP contribution is -2.03. The largest absolute Gasteiger partial charge is 0.0704 e. The second-order valence-corrected chi connectivity index (χ2v) is 4.92. The van der Waals surface area contributed by atoms with E-state index < -0.39 is 0 Å². The molecule has 1 unspecified atom stereocenters. The molecule has 0 N–H and O–H groups in total. The molecule has 2 fully saturated rings. The summed E-state index contributed by atoms with van der Waals surface area (Å²) >= 11 is 0. The molecule has 0 aromatic rings. The van der Waals surface area contributed by atoms with Crippen molar-refractivity contribution >= 4 is 0 Å². The third kappa shape index (κ3) is 0.967. The highest BCUT2D eigenvalue weighted by molar-refractivity contribution is 5.28. The summed E-state index contributed by atoms with van der Waals surface area (Å²) in [4.78, 5) is 0. The van der Waals surface area contributed by atoms with Crippen molar-refractivity contribution in [3.63, 3.8) is 0 Å². The predicted octanol–water partition coefficient (Wildman–Crippen LogP) is 3.68. The van der Waals surface area contributed by atoms with Gasteiger partial charge in [0, 0.05) is 0 Å². The normalized spacial score (nSPS) is 35.5. The van der Waals surface area contributed by atoms with Gasteiger partial charge in [-0.1, -0.05) is 24.0 Å². The van der Waals surface area contributed by atoms with Gasteiger partial charge in [0.2, 0.25) is 0 Å². The molecule has 0 aromatic heterocycles. The molecule has 0 saturated heterocycles. The third-order valence-corrected chi connectivity index (χ3v) is 4.20. The van der Waals surface area contributed by atoms with Gasteiger partial charge in [0.15, 0.2) is 0 Å². The molecule has 0 aromatic carbocycles. The summed E-state index contributed by atoms with van der Waals surface area (Å²) in [5, 5.41) is 0. The smallest absolute Gasteiger partial charge is 0.0200 e. The minimum absolute atomic E-state index is 1.05. The second-order valence-electron chi connectivity index (χ2n) is 4.92. The van der Waals surface area contributed by atoms with E-state index in [1.54, 1.807) is 0 Å². The summed E-state index contributed by atoms with van der Waals surface area (Å²) in [7, 11) is 0. The Labute approximate surface area is 75.0 Å². The summed E-state index contributed by atoms with van der Waals surface area (Å²) < 4.78 is 0. The van der Waals surface area contributed by atoms with Crippen molar-refractivity contribution in [3.05, 3.63) is 11.1 Å². The average molecular weight is 162 g/mol. The van der Waals surface area contributed by atoms with Crippen LogP contribution in [0.1, 0.15) is 51.4 Å². The number of hydrogen-bond donors (Lipinski definition) is 0. The molecular formula is C12H18. The van der Waals surface area contributed by atoms with Gasteiger partial charge in [-0.05, 0) is 50.4 Å². The van der Waals surface area contributed by atoms with Gasteiger partial charge in [0.05, 0.1) is 0 Å². The monoisotopic (exact) mass is 162 g/mol. The Morgan fingerprint density at radius 1 is 0.917 bits per heavy atom. The van der Waals surface area contributed by atoms with E-state index in [0.29, 0.717) is 0 Å². The lowest BCUT2D eigenvalue weighted by atomic mass is 9.88. The van der Waals surface area contributed by atoms with Gasteiger partial charge in [-0.15, -0.1) is 0 Å². The van der Waals surface area contributed by atoms with E-state index >= 15 is 0 Å². The molecule has 0 heteroatoms. The van der Waals surface area contributed by atoms with Crippen LogP contribution in [0.15, 0.2) is 11.1 Å². The van der Waals surface area contributed by atoms with Crippen LogP contribution in [-0.4, -0.2) is 0 Å². The second kappa shape index (κ2) is 2.61. The topological polar surface area (TPSA) is 0 Å². The SMILES string of the molecule is C1CCC(C2=C3CCC(C3)C2)C1. The molecule has 0 spiro atoms. The maximum Gasteiger partial charge on any atom is -0.0200 e.